The van der Waals surface area contributed by atoms with Gasteiger partial charge in [0.2, 0.25) is 11.8 Å². The van der Waals surface area contributed by atoms with Crippen LogP contribution in [-0.4, -0.2) is 43.5 Å². The molecule has 3 amide bonds. The van der Waals surface area contributed by atoms with E-state index in [0.717, 1.165) is 4.90 Å². The molecule has 0 unspecified atom stereocenters. The Morgan fingerprint density at radius 3 is 2.24 bits per heavy atom. The fourth-order valence-electron chi connectivity index (χ4n) is 3.78. The molecule has 3 aromatic rings. The first-order chi connectivity index (χ1) is 16.2. The molecule has 0 spiro atoms. The van der Waals surface area contributed by atoms with Crippen molar-refractivity contribution in [1.29, 1.82) is 0 Å². The molecule has 34 heavy (non-hydrogen) atoms. The Labute approximate surface area is 194 Å². The summed E-state index contributed by atoms with van der Waals surface area (Å²) in [7, 11) is -3.83. The molecule has 0 aromatic heterocycles. The minimum atomic E-state index is -3.83. The van der Waals surface area contributed by atoms with Gasteiger partial charge in [-0.2, -0.15) is 8.42 Å². The molecule has 10 heteroatoms. The summed E-state index contributed by atoms with van der Waals surface area (Å²) in [6, 6.07) is 17.5. The number of carbonyl (C=O) groups is 3. The fraction of sp³-hybridized carbons (Fsp3) is 0.0833. The molecule has 0 aliphatic carbocycles. The number of ether oxygens (including phenoxy) is 1. The molecule has 9 nitrogen and oxygen atoms in total. The smallest absolute Gasteiger partial charge is 0.286 e. The number of carbonyl (C=O) groups excluding carboxylic acids is 3. The Hall–Kier alpha value is -4.31. The summed E-state index contributed by atoms with van der Waals surface area (Å²) in [6.45, 7) is 1.31. The highest BCUT2D eigenvalue weighted by molar-refractivity contribution is 7.90. The summed E-state index contributed by atoms with van der Waals surface area (Å²) in [5.74, 6) is -1.43. The standard InChI is InChI=1S/C24H17N3O6S/c1-14-10-11-15(33-22-18-8-4-5-9-20(18)34(31,32)26-22)12-19(14)25-21(28)13-27-23(29)16-6-2-3-7-17(16)24(27)30/h2-12H,13H2,1H3,(H,25,28). The van der Waals surface area contributed by atoms with Crippen LogP contribution >= 0.6 is 0 Å². The first-order valence-corrected chi connectivity index (χ1v) is 11.7. The van der Waals surface area contributed by atoms with Crippen molar-refractivity contribution in [1.82, 2.24) is 4.90 Å². The first kappa shape index (κ1) is 21.5. The lowest BCUT2D eigenvalue weighted by molar-refractivity contribution is -0.116. The van der Waals surface area contributed by atoms with Crippen molar-refractivity contribution in [3.05, 3.63) is 89.0 Å². The van der Waals surface area contributed by atoms with Crippen LogP contribution in [0.1, 0.15) is 31.8 Å². The molecule has 0 bridgehead atoms. The lowest BCUT2D eigenvalue weighted by Crippen LogP contribution is -2.37. The Balaban J connectivity index is 1.33. The first-order valence-electron chi connectivity index (χ1n) is 10.2. The Morgan fingerprint density at radius 2 is 1.56 bits per heavy atom. The molecule has 1 N–H and O–H groups in total. The fourth-order valence-corrected chi connectivity index (χ4v) is 4.91. The highest BCUT2D eigenvalue weighted by Gasteiger charge is 2.36. The summed E-state index contributed by atoms with van der Waals surface area (Å²) < 4.78 is 33.9. The number of rotatable bonds is 4. The highest BCUT2D eigenvalue weighted by atomic mass is 32.2. The highest BCUT2D eigenvalue weighted by Crippen LogP contribution is 2.29. The zero-order chi connectivity index (χ0) is 24.0. The van der Waals surface area contributed by atoms with Gasteiger partial charge in [0, 0.05) is 11.8 Å². The van der Waals surface area contributed by atoms with Crippen LogP contribution in [0.4, 0.5) is 5.69 Å². The van der Waals surface area contributed by atoms with Crippen molar-refractivity contribution in [2.45, 2.75) is 11.8 Å². The van der Waals surface area contributed by atoms with Crippen LogP contribution in [0.15, 0.2) is 76.0 Å². The van der Waals surface area contributed by atoms with Crippen LogP contribution in [0.5, 0.6) is 5.75 Å². The summed E-state index contributed by atoms with van der Waals surface area (Å²) >= 11 is 0. The van der Waals surface area contributed by atoms with Gasteiger partial charge in [-0.05, 0) is 42.8 Å². The van der Waals surface area contributed by atoms with E-state index in [9.17, 15) is 22.8 Å². The van der Waals surface area contributed by atoms with Crippen molar-refractivity contribution in [3.8, 4) is 5.75 Å². The molecule has 3 aromatic carbocycles. The second kappa shape index (κ2) is 7.92. The van der Waals surface area contributed by atoms with E-state index in [1.807, 2.05) is 0 Å². The lowest BCUT2D eigenvalue weighted by Gasteiger charge is -2.15. The lowest BCUT2D eigenvalue weighted by atomic mass is 10.1. The van der Waals surface area contributed by atoms with Gasteiger partial charge in [0.1, 0.15) is 17.2 Å². The van der Waals surface area contributed by atoms with Crippen LogP contribution in [-0.2, 0) is 14.8 Å². The number of amides is 3. The zero-order valence-electron chi connectivity index (χ0n) is 17.8. The van der Waals surface area contributed by atoms with Gasteiger partial charge in [0.25, 0.3) is 21.8 Å². The number of nitrogens with zero attached hydrogens (tertiary/aromatic N) is 2. The van der Waals surface area contributed by atoms with Gasteiger partial charge in [-0.3, -0.25) is 19.3 Å². The van der Waals surface area contributed by atoms with Crippen molar-refractivity contribution >= 4 is 39.3 Å². The van der Waals surface area contributed by atoms with Gasteiger partial charge >= 0.3 is 0 Å². The largest absolute Gasteiger partial charge is 0.438 e. The molecule has 0 saturated carbocycles. The van der Waals surface area contributed by atoms with Crippen LogP contribution in [0, 0.1) is 6.92 Å². The normalized spacial score (nSPS) is 15.6. The van der Waals surface area contributed by atoms with Crippen LogP contribution in [0.3, 0.4) is 0 Å². The number of hydrogen-bond acceptors (Lipinski definition) is 6. The SMILES string of the molecule is Cc1ccc(OC2=NS(=O)(=O)c3ccccc32)cc1NC(=O)CN1C(=O)c2ccccc2C1=O. The number of hydrogen-bond donors (Lipinski definition) is 1. The summed E-state index contributed by atoms with van der Waals surface area (Å²) in [6.07, 6.45) is 0. The van der Waals surface area contributed by atoms with Crippen molar-refractivity contribution in [2.24, 2.45) is 4.40 Å². The van der Waals surface area contributed by atoms with E-state index < -0.39 is 34.3 Å². The monoisotopic (exact) mass is 475 g/mol. The van der Waals surface area contributed by atoms with E-state index in [0.29, 0.717) is 16.8 Å². The molecule has 0 fully saturated rings. The molecular formula is C24H17N3O6S. The van der Waals surface area contributed by atoms with Crippen molar-refractivity contribution in [3.63, 3.8) is 0 Å². The van der Waals surface area contributed by atoms with E-state index in [1.165, 1.54) is 12.1 Å². The second-order valence-electron chi connectivity index (χ2n) is 7.74. The van der Waals surface area contributed by atoms with E-state index in [-0.39, 0.29) is 27.7 Å². The average Bonchev–Trinajstić information content (AvgIpc) is 3.21. The quantitative estimate of drug-likeness (QED) is 0.579. The average molecular weight is 475 g/mol. The van der Waals surface area contributed by atoms with Gasteiger partial charge in [-0.25, -0.2) is 0 Å². The molecule has 0 radical (unpaired) electrons. The Bertz CT molecular complexity index is 1490. The predicted molar refractivity (Wildman–Crippen MR) is 122 cm³/mol. The van der Waals surface area contributed by atoms with Gasteiger partial charge in [0.15, 0.2) is 0 Å². The minimum absolute atomic E-state index is 0.0616. The molecule has 0 atom stereocenters. The topological polar surface area (TPSA) is 122 Å². The minimum Gasteiger partial charge on any atom is -0.438 e. The third kappa shape index (κ3) is 3.63. The summed E-state index contributed by atoms with van der Waals surface area (Å²) in [4.78, 5) is 38.6. The number of aryl methyl sites for hydroxylation is 1. The molecule has 2 heterocycles. The number of benzene rings is 3. The molecule has 2 aliphatic rings. The van der Waals surface area contributed by atoms with Gasteiger partial charge in [0.05, 0.1) is 16.7 Å². The second-order valence-corrected chi connectivity index (χ2v) is 9.31. The Morgan fingerprint density at radius 1 is 0.941 bits per heavy atom. The van der Waals surface area contributed by atoms with E-state index in [2.05, 4.69) is 9.71 Å². The molecule has 2 aliphatic heterocycles. The number of sulfonamides is 1. The molecule has 0 saturated heterocycles. The molecule has 5 rings (SSSR count). The summed E-state index contributed by atoms with van der Waals surface area (Å²) in [5.41, 5.74) is 1.96. The predicted octanol–water partition coefficient (Wildman–Crippen LogP) is 2.76. The number of fused-ring (bicyclic) bond motifs is 2. The number of imide groups is 1. The summed E-state index contributed by atoms with van der Waals surface area (Å²) in [5, 5.41) is 2.68. The third-order valence-electron chi connectivity index (χ3n) is 5.48. The van der Waals surface area contributed by atoms with Gasteiger partial charge < -0.3 is 10.1 Å². The van der Waals surface area contributed by atoms with Crippen LogP contribution < -0.4 is 10.1 Å². The van der Waals surface area contributed by atoms with Gasteiger partial charge in [-0.1, -0.05) is 30.3 Å². The Kier molecular flexibility index (Phi) is 5.02. The van der Waals surface area contributed by atoms with E-state index >= 15 is 0 Å². The third-order valence-corrected chi connectivity index (χ3v) is 6.79. The maximum Gasteiger partial charge on any atom is 0.286 e. The van der Waals surface area contributed by atoms with Crippen LogP contribution in [0.25, 0.3) is 0 Å². The number of nitrogens with one attached hydrogen (secondary N) is 1. The van der Waals surface area contributed by atoms with Crippen LogP contribution in [0.2, 0.25) is 0 Å². The van der Waals surface area contributed by atoms with E-state index in [1.54, 1.807) is 61.5 Å². The molecular weight excluding hydrogens is 458 g/mol. The van der Waals surface area contributed by atoms with E-state index in [4.69, 9.17) is 4.74 Å². The zero-order valence-corrected chi connectivity index (χ0v) is 18.6. The van der Waals surface area contributed by atoms with Crippen molar-refractivity contribution in [2.75, 3.05) is 11.9 Å². The maximum atomic E-state index is 12.7. The van der Waals surface area contributed by atoms with Gasteiger partial charge in [-0.15, -0.1) is 4.40 Å². The van der Waals surface area contributed by atoms with Crippen molar-refractivity contribution < 1.29 is 27.5 Å². The molecule has 170 valence electrons. The number of anilines is 1. The maximum absolute atomic E-state index is 12.7.